The lowest BCUT2D eigenvalue weighted by molar-refractivity contribution is 0.0507. The van der Waals surface area contributed by atoms with Gasteiger partial charge in [0.1, 0.15) is 0 Å². The maximum Gasteiger partial charge on any atom is 0.365 e. The zero-order chi connectivity index (χ0) is 15.3. The Hall–Kier alpha value is -1.64. The zero-order valence-corrected chi connectivity index (χ0v) is 13.3. The number of carbonyl (C=O) groups excluding carboxylic acids is 1. The molecule has 3 rings (SSSR count). The van der Waals surface area contributed by atoms with Gasteiger partial charge in [-0.2, -0.15) is 0 Å². The van der Waals surface area contributed by atoms with Crippen molar-refractivity contribution in [1.29, 1.82) is 0 Å². The van der Waals surface area contributed by atoms with Gasteiger partial charge in [0.25, 0.3) is 0 Å². The molecule has 2 aliphatic carbocycles. The van der Waals surface area contributed by atoms with Crippen LogP contribution in [-0.2, 0) is 4.84 Å². The van der Waals surface area contributed by atoms with Crippen molar-refractivity contribution in [2.75, 3.05) is 0 Å². The summed E-state index contributed by atoms with van der Waals surface area (Å²) in [5.74, 6) is 0.309. The number of benzene rings is 1. The van der Waals surface area contributed by atoms with E-state index >= 15 is 0 Å². The number of fused-ring (bicyclic) bond motifs is 2. The number of nitrogens with zero attached hydrogens (tertiary/aromatic N) is 1. The van der Waals surface area contributed by atoms with Crippen molar-refractivity contribution in [2.24, 2.45) is 21.9 Å². The highest BCUT2D eigenvalue weighted by Gasteiger charge is 2.60. The molecular formula is C18H23NO2. The van der Waals surface area contributed by atoms with E-state index in [0.29, 0.717) is 11.5 Å². The monoisotopic (exact) mass is 285 g/mol. The summed E-state index contributed by atoms with van der Waals surface area (Å²) < 4.78 is 0. The summed E-state index contributed by atoms with van der Waals surface area (Å²) in [6, 6.07) is 7.45. The minimum atomic E-state index is -0.357. The van der Waals surface area contributed by atoms with Crippen LogP contribution >= 0.6 is 0 Å². The highest BCUT2D eigenvalue weighted by molar-refractivity contribution is 5.96. The van der Waals surface area contributed by atoms with Crippen molar-refractivity contribution in [3.05, 3.63) is 35.4 Å². The van der Waals surface area contributed by atoms with Crippen molar-refractivity contribution in [2.45, 2.75) is 47.0 Å². The first-order chi connectivity index (χ1) is 9.86. The summed E-state index contributed by atoms with van der Waals surface area (Å²) in [6.07, 6.45) is 3.37. The van der Waals surface area contributed by atoms with E-state index in [4.69, 9.17) is 4.84 Å². The maximum absolute atomic E-state index is 12.2. The van der Waals surface area contributed by atoms with Crippen LogP contribution < -0.4 is 0 Å². The third-order valence-corrected chi connectivity index (χ3v) is 6.12. The molecule has 2 saturated carbocycles. The first-order valence-corrected chi connectivity index (χ1v) is 7.70. The standard InChI is InChI=1S/C18H23NO2/c1-12-7-5-6-8-14(12)16(20)21-19-15-11-13-9-10-18(15,4)17(13,2)3/h5-8,13H,9-11H2,1-4H3/b19-15+/t13-,18-/m1/s1. The van der Waals surface area contributed by atoms with Gasteiger partial charge in [-0.25, -0.2) is 4.79 Å². The number of rotatable bonds is 2. The Balaban J connectivity index is 1.79. The van der Waals surface area contributed by atoms with Crippen LogP contribution in [0.4, 0.5) is 0 Å². The molecular weight excluding hydrogens is 262 g/mol. The van der Waals surface area contributed by atoms with E-state index < -0.39 is 0 Å². The summed E-state index contributed by atoms with van der Waals surface area (Å²) in [5.41, 5.74) is 2.90. The van der Waals surface area contributed by atoms with Crippen LogP contribution in [0.25, 0.3) is 0 Å². The van der Waals surface area contributed by atoms with Crippen LogP contribution in [0, 0.1) is 23.7 Å². The minimum absolute atomic E-state index is 0.0731. The highest BCUT2D eigenvalue weighted by Crippen LogP contribution is 2.63. The average molecular weight is 285 g/mol. The van der Waals surface area contributed by atoms with Gasteiger partial charge in [-0.15, -0.1) is 0 Å². The van der Waals surface area contributed by atoms with Gasteiger partial charge in [-0.1, -0.05) is 44.1 Å². The normalized spacial score (nSPS) is 31.6. The van der Waals surface area contributed by atoms with Gasteiger partial charge in [0.2, 0.25) is 0 Å². The van der Waals surface area contributed by atoms with Crippen LogP contribution in [0.2, 0.25) is 0 Å². The molecule has 3 heteroatoms. The highest BCUT2D eigenvalue weighted by atomic mass is 16.7. The number of hydrogen-bond donors (Lipinski definition) is 0. The fraction of sp³-hybridized carbons (Fsp3) is 0.556. The van der Waals surface area contributed by atoms with E-state index in [1.807, 2.05) is 25.1 Å². The lowest BCUT2D eigenvalue weighted by Crippen LogP contribution is -2.32. The first kappa shape index (κ1) is 14.3. The molecule has 0 amide bonds. The Bertz CT molecular complexity index is 617. The Morgan fingerprint density at radius 3 is 2.57 bits per heavy atom. The molecule has 0 N–H and O–H groups in total. The molecule has 0 aromatic heterocycles. The van der Waals surface area contributed by atoms with Gasteiger partial charge in [0.15, 0.2) is 0 Å². The molecule has 2 aliphatic rings. The predicted octanol–water partition coefficient (Wildman–Crippen LogP) is 4.35. The molecule has 1 aromatic carbocycles. The van der Waals surface area contributed by atoms with Crippen molar-refractivity contribution >= 4 is 11.7 Å². The molecule has 0 unspecified atom stereocenters. The largest absolute Gasteiger partial charge is 0.365 e. The van der Waals surface area contributed by atoms with Crippen LogP contribution in [0.5, 0.6) is 0 Å². The number of oxime groups is 1. The molecule has 0 radical (unpaired) electrons. The first-order valence-electron chi connectivity index (χ1n) is 7.70. The van der Waals surface area contributed by atoms with E-state index in [-0.39, 0.29) is 16.8 Å². The van der Waals surface area contributed by atoms with Crippen molar-refractivity contribution in [3.63, 3.8) is 0 Å². The second kappa shape index (κ2) is 4.69. The third kappa shape index (κ3) is 2.02. The lowest BCUT2D eigenvalue weighted by atomic mass is 9.70. The van der Waals surface area contributed by atoms with Crippen molar-refractivity contribution in [1.82, 2.24) is 0 Å². The Kier molecular flexibility index (Phi) is 3.19. The smallest absolute Gasteiger partial charge is 0.313 e. The van der Waals surface area contributed by atoms with Crippen LogP contribution in [0.1, 0.15) is 56.0 Å². The molecule has 0 saturated heterocycles. The van der Waals surface area contributed by atoms with Crippen LogP contribution in [0.15, 0.2) is 29.4 Å². The Labute approximate surface area is 126 Å². The minimum Gasteiger partial charge on any atom is -0.313 e. The van der Waals surface area contributed by atoms with E-state index in [1.54, 1.807) is 6.07 Å². The van der Waals surface area contributed by atoms with E-state index in [9.17, 15) is 4.79 Å². The van der Waals surface area contributed by atoms with Gasteiger partial charge in [0.05, 0.1) is 11.3 Å². The van der Waals surface area contributed by atoms with Gasteiger partial charge < -0.3 is 4.84 Å². The lowest BCUT2D eigenvalue weighted by Gasteiger charge is -2.34. The predicted molar refractivity (Wildman–Crippen MR) is 83.3 cm³/mol. The second-order valence-corrected chi connectivity index (χ2v) is 7.23. The summed E-state index contributed by atoms with van der Waals surface area (Å²) in [5, 5.41) is 4.26. The summed E-state index contributed by atoms with van der Waals surface area (Å²) >= 11 is 0. The molecule has 3 nitrogen and oxygen atoms in total. The molecule has 0 spiro atoms. The topological polar surface area (TPSA) is 38.7 Å². The number of aryl methyl sites for hydroxylation is 1. The quantitative estimate of drug-likeness (QED) is 0.598. The fourth-order valence-corrected chi connectivity index (χ4v) is 4.01. The summed E-state index contributed by atoms with van der Waals surface area (Å²) in [6.45, 7) is 8.80. The molecule has 0 aliphatic heterocycles. The average Bonchev–Trinajstić information content (AvgIpc) is 2.78. The molecule has 2 fully saturated rings. The fourth-order valence-electron chi connectivity index (χ4n) is 4.01. The zero-order valence-electron chi connectivity index (χ0n) is 13.3. The molecule has 21 heavy (non-hydrogen) atoms. The Morgan fingerprint density at radius 2 is 2.00 bits per heavy atom. The number of carbonyl (C=O) groups is 1. The van der Waals surface area contributed by atoms with Crippen LogP contribution in [0.3, 0.4) is 0 Å². The van der Waals surface area contributed by atoms with Gasteiger partial charge in [-0.05, 0) is 49.1 Å². The second-order valence-electron chi connectivity index (χ2n) is 7.23. The van der Waals surface area contributed by atoms with E-state index in [2.05, 4.69) is 25.9 Å². The van der Waals surface area contributed by atoms with Crippen LogP contribution in [-0.4, -0.2) is 11.7 Å². The van der Waals surface area contributed by atoms with E-state index in [0.717, 1.165) is 24.1 Å². The SMILES string of the molecule is Cc1ccccc1C(=O)O/N=C1\C[C@H]2CC[C@@]1(C)C2(C)C. The Morgan fingerprint density at radius 1 is 1.29 bits per heavy atom. The number of hydrogen-bond acceptors (Lipinski definition) is 3. The van der Waals surface area contributed by atoms with Crippen molar-refractivity contribution < 1.29 is 9.63 Å². The molecule has 2 atom stereocenters. The molecule has 112 valence electrons. The van der Waals surface area contributed by atoms with Gasteiger partial charge in [-0.3, -0.25) is 0 Å². The van der Waals surface area contributed by atoms with Gasteiger partial charge >= 0.3 is 5.97 Å². The summed E-state index contributed by atoms with van der Waals surface area (Å²) in [7, 11) is 0. The van der Waals surface area contributed by atoms with Gasteiger partial charge in [0, 0.05) is 5.41 Å². The molecule has 1 aromatic rings. The van der Waals surface area contributed by atoms with E-state index in [1.165, 1.54) is 6.42 Å². The summed E-state index contributed by atoms with van der Waals surface area (Å²) in [4.78, 5) is 17.4. The molecule has 0 heterocycles. The third-order valence-electron chi connectivity index (χ3n) is 6.12. The molecule has 2 bridgehead atoms. The van der Waals surface area contributed by atoms with Crippen molar-refractivity contribution in [3.8, 4) is 0 Å². The maximum atomic E-state index is 12.2.